The number of rotatable bonds is 4. The lowest BCUT2D eigenvalue weighted by Crippen LogP contribution is -2.49. The predicted octanol–water partition coefficient (Wildman–Crippen LogP) is 1.77. The molecule has 0 aliphatic carbocycles. The van der Waals surface area contributed by atoms with Crippen molar-refractivity contribution in [3.63, 3.8) is 0 Å². The Balaban J connectivity index is 1.67. The first-order valence-electron chi connectivity index (χ1n) is 7.41. The number of amides is 2. The molecule has 1 N–H and O–H groups in total. The van der Waals surface area contributed by atoms with Crippen LogP contribution in [0.4, 0.5) is 0 Å². The van der Waals surface area contributed by atoms with E-state index in [0.29, 0.717) is 18.7 Å². The number of ether oxygens (including phenoxy) is 1. The van der Waals surface area contributed by atoms with E-state index in [0.717, 1.165) is 17.7 Å². The maximum atomic E-state index is 12.5. The maximum Gasteiger partial charge on any atom is 0.243 e. The molecule has 6 heteroatoms. The highest BCUT2D eigenvalue weighted by atomic mass is 32.2. The third kappa shape index (κ3) is 2.56. The van der Waals surface area contributed by atoms with E-state index in [9.17, 15) is 9.59 Å². The molecule has 0 unspecified atom stereocenters. The van der Waals surface area contributed by atoms with Gasteiger partial charge >= 0.3 is 0 Å². The molecule has 1 aromatic rings. The smallest absolute Gasteiger partial charge is 0.243 e. The molecular formula is C16H20N2O3S. The van der Waals surface area contributed by atoms with Crippen LogP contribution in [0.2, 0.25) is 0 Å². The van der Waals surface area contributed by atoms with Crippen LogP contribution in [0, 0.1) is 0 Å². The molecule has 3 rings (SSSR count). The molecule has 0 aromatic heterocycles. The monoisotopic (exact) mass is 320 g/mol. The molecule has 22 heavy (non-hydrogen) atoms. The van der Waals surface area contributed by atoms with Crippen molar-refractivity contribution in [1.82, 2.24) is 10.2 Å². The molecule has 0 bridgehead atoms. The molecule has 2 fully saturated rings. The van der Waals surface area contributed by atoms with Gasteiger partial charge in [-0.2, -0.15) is 0 Å². The number of nitrogens with zero attached hydrogens (tertiary/aromatic N) is 1. The Kier molecular flexibility index (Phi) is 4.04. The van der Waals surface area contributed by atoms with E-state index >= 15 is 0 Å². The summed E-state index contributed by atoms with van der Waals surface area (Å²) in [5.41, 5.74) is 0.930. The van der Waals surface area contributed by atoms with Gasteiger partial charge in [0, 0.05) is 24.3 Å². The van der Waals surface area contributed by atoms with E-state index in [1.165, 1.54) is 0 Å². The minimum absolute atomic E-state index is 0.0858. The molecule has 0 saturated carbocycles. The summed E-state index contributed by atoms with van der Waals surface area (Å²) in [6.07, 6.45) is 1.37. The summed E-state index contributed by atoms with van der Waals surface area (Å²) in [5, 5.41) is 2.94. The Bertz CT molecular complexity index is 607. The number of thioether (sulfide) groups is 1. The Labute approximate surface area is 134 Å². The van der Waals surface area contributed by atoms with Crippen LogP contribution in [0.5, 0.6) is 5.75 Å². The average Bonchev–Trinajstić information content (AvgIpc) is 3.02. The molecule has 2 aliphatic heterocycles. The lowest BCUT2D eigenvalue weighted by molar-refractivity contribution is -0.138. The van der Waals surface area contributed by atoms with E-state index in [1.54, 1.807) is 23.8 Å². The van der Waals surface area contributed by atoms with Gasteiger partial charge in [-0.05, 0) is 19.4 Å². The second-order valence-corrected chi connectivity index (χ2v) is 7.30. The van der Waals surface area contributed by atoms with Crippen LogP contribution in [0.25, 0.3) is 0 Å². The fraction of sp³-hybridized carbons (Fsp3) is 0.500. The van der Waals surface area contributed by atoms with E-state index in [4.69, 9.17) is 4.74 Å². The fourth-order valence-corrected chi connectivity index (χ4v) is 4.60. The molecule has 118 valence electrons. The van der Waals surface area contributed by atoms with Crippen molar-refractivity contribution in [3.05, 3.63) is 29.8 Å². The number of para-hydroxylation sites is 1. The minimum Gasteiger partial charge on any atom is -0.496 e. The van der Waals surface area contributed by atoms with Crippen molar-refractivity contribution in [2.24, 2.45) is 0 Å². The summed E-state index contributed by atoms with van der Waals surface area (Å²) in [4.78, 5) is 26.1. The number of benzene rings is 1. The molecule has 0 spiro atoms. The molecule has 2 amide bonds. The molecular weight excluding hydrogens is 300 g/mol. The fourth-order valence-electron chi connectivity index (χ4n) is 3.16. The highest BCUT2D eigenvalue weighted by Crippen LogP contribution is 2.47. The van der Waals surface area contributed by atoms with Gasteiger partial charge in [-0.15, -0.1) is 11.8 Å². The van der Waals surface area contributed by atoms with Crippen LogP contribution < -0.4 is 10.1 Å². The zero-order chi connectivity index (χ0) is 15.7. The van der Waals surface area contributed by atoms with Crippen LogP contribution in [0.1, 0.15) is 25.3 Å². The Morgan fingerprint density at radius 1 is 1.50 bits per heavy atom. The van der Waals surface area contributed by atoms with Gasteiger partial charge in [0.2, 0.25) is 11.8 Å². The van der Waals surface area contributed by atoms with Crippen molar-refractivity contribution < 1.29 is 14.3 Å². The SMILES string of the molecule is COc1ccccc1CNC(=O)[C@@H]1CS[C@]2(C)CCC(=O)N12. The summed E-state index contributed by atoms with van der Waals surface area (Å²) < 4.78 is 5.29. The average molecular weight is 320 g/mol. The summed E-state index contributed by atoms with van der Waals surface area (Å²) in [6.45, 7) is 2.46. The standard InChI is InChI=1S/C16H20N2O3S/c1-16-8-7-14(19)18(16)12(10-22-16)15(20)17-9-11-5-3-4-6-13(11)21-2/h3-6,12H,7-10H2,1-2H3,(H,17,20)/t12-,16+/m0/s1. The van der Waals surface area contributed by atoms with E-state index in [-0.39, 0.29) is 22.7 Å². The number of hydrogen-bond acceptors (Lipinski definition) is 4. The first kappa shape index (κ1) is 15.2. The minimum atomic E-state index is -0.361. The van der Waals surface area contributed by atoms with Crippen molar-refractivity contribution in [2.45, 2.75) is 37.2 Å². The number of methoxy groups -OCH3 is 1. The summed E-state index contributed by atoms with van der Waals surface area (Å²) in [6, 6.07) is 7.24. The number of hydrogen-bond donors (Lipinski definition) is 1. The van der Waals surface area contributed by atoms with E-state index < -0.39 is 0 Å². The topological polar surface area (TPSA) is 58.6 Å². The Hall–Kier alpha value is -1.69. The molecule has 5 nitrogen and oxygen atoms in total. The summed E-state index contributed by atoms with van der Waals surface area (Å²) >= 11 is 1.70. The lowest BCUT2D eigenvalue weighted by Gasteiger charge is -2.29. The van der Waals surface area contributed by atoms with Gasteiger partial charge in [0.15, 0.2) is 0 Å². The summed E-state index contributed by atoms with van der Waals surface area (Å²) in [5.74, 6) is 1.42. The third-order valence-corrected chi connectivity index (χ3v) is 5.90. The highest BCUT2D eigenvalue weighted by molar-refractivity contribution is 8.01. The van der Waals surface area contributed by atoms with Crippen molar-refractivity contribution in [3.8, 4) is 5.75 Å². The first-order chi connectivity index (χ1) is 10.5. The Morgan fingerprint density at radius 3 is 3.05 bits per heavy atom. The molecule has 2 aliphatic rings. The van der Waals surface area contributed by atoms with Crippen molar-refractivity contribution in [1.29, 1.82) is 0 Å². The van der Waals surface area contributed by atoms with Gasteiger partial charge in [-0.3, -0.25) is 9.59 Å². The molecule has 2 saturated heterocycles. The first-order valence-corrected chi connectivity index (χ1v) is 8.39. The van der Waals surface area contributed by atoms with Crippen LogP contribution in [0.15, 0.2) is 24.3 Å². The lowest BCUT2D eigenvalue weighted by atomic mass is 10.2. The third-order valence-electron chi connectivity index (χ3n) is 4.39. The normalized spacial score (nSPS) is 26.9. The van der Waals surface area contributed by atoms with Gasteiger partial charge < -0.3 is 15.0 Å². The molecule has 0 radical (unpaired) electrons. The number of carbonyl (C=O) groups excluding carboxylic acids is 2. The van der Waals surface area contributed by atoms with Crippen LogP contribution in [0.3, 0.4) is 0 Å². The van der Waals surface area contributed by atoms with Gasteiger partial charge in [0.25, 0.3) is 0 Å². The van der Waals surface area contributed by atoms with Gasteiger partial charge in [0.1, 0.15) is 11.8 Å². The van der Waals surface area contributed by atoms with Crippen molar-refractivity contribution >= 4 is 23.6 Å². The number of nitrogens with one attached hydrogen (secondary N) is 1. The highest BCUT2D eigenvalue weighted by Gasteiger charge is 2.52. The van der Waals surface area contributed by atoms with E-state index in [2.05, 4.69) is 12.2 Å². The zero-order valence-corrected chi connectivity index (χ0v) is 13.6. The molecule has 2 atom stereocenters. The second kappa shape index (κ2) is 5.83. The second-order valence-electron chi connectivity index (χ2n) is 5.80. The molecule has 2 heterocycles. The van der Waals surface area contributed by atoms with Gasteiger partial charge in [0.05, 0.1) is 12.0 Å². The van der Waals surface area contributed by atoms with Crippen LogP contribution in [-0.2, 0) is 16.1 Å². The largest absolute Gasteiger partial charge is 0.496 e. The zero-order valence-electron chi connectivity index (χ0n) is 12.8. The van der Waals surface area contributed by atoms with Gasteiger partial charge in [-0.1, -0.05) is 18.2 Å². The van der Waals surface area contributed by atoms with Crippen molar-refractivity contribution in [2.75, 3.05) is 12.9 Å². The quantitative estimate of drug-likeness (QED) is 0.918. The van der Waals surface area contributed by atoms with Crippen LogP contribution in [-0.4, -0.2) is 40.5 Å². The predicted molar refractivity (Wildman–Crippen MR) is 85.6 cm³/mol. The Morgan fingerprint density at radius 2 is 2.27 bits per heavy atom. The summed E-state index contributed by atoms with van der Waals surface area (Å²) in [7, 11) is 1.61. The van der Waals surface area contributed by atoms with Gasteiger partial charge in [-0.25, -0.2) is 0 Å². The number of fused-ring (bicyclic) bond motifs is 1. The molecule has 1 aromatic carbocycles. The number of carbonyl (C=O) groups is 2. The van der Waals surface area contributed by atoms with Crippen LogP contribution >= 0.6 is 11.8 Å². The van der Waals surface area contributed by atoms with E-state index in [1.807, 2.05) is 24.3 Å². The maximum absolute atomic E-state index is 12.5.